The minimum atomic E-state index is -3.50. The first-order valence-electron chi connectivity index (χ1n) is 21.2. The van der Waals surface area contributed by atoms with Crippen molar-refractivity contribution < 1.29 is 46.7 Å². The summed E-state index contributed by atoms with van der Waals surface area (Å²) in [7, 11) is 1.45. The number of alkyl halides is 2. The van der Waals surface area contributed by atoms with Gasteiger partial charge in [-0.1, -0.05) is 38.8 Å². The number of ether oxygens (including phenoxy) is 3. The molecule has 1 aromatic carbocycles. The fourth-order valence-electron chi connectivity index (χ4n) is 9.37. The minimum absolute atomic E-state index is 0.0956. The third-order valence-electron chi connectivity index (χ3n) is 13.2. The van der Waals surface area contributed by atoms with Gasteiger partial charge in [0.25, 0.3) is 11.8 Å². The van der Waals surface area contributed by atoms with Gasteiger partial charge in [0, 0.05) is 30.6 Å². The van der Waals surface area contributed by atoms with Gasteiger partial charge in [0.15, 0.2) is 5.75 Å². The van der Waals surface area contributed by atoms with Crippen LogP contribution in [0, 0.1) is 5.92 Å². The average molecular weight is 840 g/mol. The van der Waals surface area contributed by atoms with Crippen LogP contribution in [-0.2, 0) is 36.4 Å². The number of halogens is 2. The molecule has 0 bridgehead atoms. The number of pyridine rings is 1. The number of hydrogen-bond acceptors (Lipinski definition) is 9. The van der Waals surface area contributed by atoms with E-state index in [1.54, 1.807) is 12.1 Å². The summed E-state index contributed by atoms with van der Waals surface area (Å²) in [4.78, 5) is 62.9. The van der Waals surface area contributed by atoms with Crippen LogP contribution < -0.4 is 24.8 Å². The maximum absolute atomic E-state index is 17.1. The van der Waals surface area contributed by atoms with E-state index in [-0.39, 0.29) is 48.0 Å². The number of fused-ring (bicyclic) bond motifs is 5. The molecule has 2 aromatic rings. The Morgan fingerprint density at radius 2 is 1.83 bits per heavy atom. The second-order valence-corrected chi connectivity index (χ2v) is 19.8. The zero-order chi connectivity index (χ0) is 41.9. The van der Waals surface area contributed by atoms with E-state index < -0.39 is 88.0 Å². The van der Waals surface area contributed by atoms with Crippen molar-refractivity contribution in [1.82, 2.24) is 25.2 Å². The zero-order valence-electron chi connectivity index (χ0n) is 34.2. The van der Waals surface area contributed by atoms with Gasteiger partial charge in [-0.15, -0.1) is 0 Å². The lowest BCUT2D eigenvalue weighted by Crippen LogP contribution is -2.58. The molecule has 16 heteroatoms. The number of allylic oxidation sites excluding steroid dienone is 1. The molecule has 3 saturated carbocycles. The van der Waals surface area contributed by atoms with Gasteiger partial charge in [0.1, 0.15) is 39.8 Å². The van der Waals surface area contributed by atoms with Crippen LogP contribution in [0.15, 0.2) is 30.4 Å². The molecule has 4 heterocycles. The van der Waals surface area contributed by atoms with Gasteiger partial charge in [-0.2, -0.15) is 4.72 Å². The largest absolute Gasteiger partial charge is 0.593 e. The van der Waals surface area contributed by atoms with Crippen LogP contribution in [-0.4, -0.2) is 86.0 Å². The van der Waals surface area contributed by atoms with Crippen molar-refractivity contribution in [2.45, 2.75) is 157 Å². The molecule has 8 rings (SSSR count). The molecule has 1 saturated heterocycles. The molecule has 320 valence electrons. The summed E-state index contributed by atoms with van der Waals surface area (Å²) in [6, 6.07) is 2.32. The number of rotatable bonds is 7. The van der Waals surface area contributed by atoms with Gasteiger partial charge in [0.2, 0.25) is 11.8 Å². The van der Waals surface area contributed by atoms with Crippen LogP contribution in [0.3, 0.4) is 0 Å². The molecule has 1 unspecified atom stereocenters. The predicted octanol–water partition coefficient (Wildman–Crippen LogP) is 6.35. The van der Waals surface area contributed by atoms with Gasteiger partial charge in [-0.05, 0) is 82.4 Å². The lowest BCUT2D eigenvalue weighted by molar-refractivity contribution is -0.141. The maximum Gasteiger partial charge on any atom is 0.408 e. The van der Waals surface area contributed by atoms with E-state index in [0.29, 0.717) is 42.6 Å². The van der Waals surface area contributed by atoms with Crippen molar-refractivity contribution in [2.24, 2.45) is 5.92 Å². The molecule has 3 aliphatic heterocycles. The first-order chi connectivity index (χ1) is 28.1. The standard InChI is InChI=1S/C43H55F2N5O8S/c1-25(2)34-35-33(29-20-28(56-4)16-17-30(29)46-34)43(44,45)23-41(58-35)22-32-36(51)48-42(38(53)49-59(55)40(3)18-19-40)21-26(42)12-8-6-5-7-9-15-31(37(52)50(32)24-41)47-39(54)57-27-13-10-11-14-27/h8,12,16-17,20,25-27,31-32H,5-7,9-11,13-15,18-19,21-24H2,1-4H3,(H,47,54)(H,48,51)(H,49,53)/b12-8-/t26-,31+,32+,41+,42-,59?/m1/s1. The number of carbonyl (C=O) groups excluding carboxylic acids is 4. The molecule has 3 N–H and O–H groups in total. The van der Waals surface area contributed by atoms with Crippen molar-refractivity contribution in [1.29, 1.82) is 0 Å². The smallest absolute Gasteiger partial charge is 0.408 e. The van der Waals surface area contributed by atoms with E-state index in [1.165, 1.54) is 18.1 Å². The Hall–Kier alpha value is -4.18. The van der Waals surface area contributed by atoms with Crippen LogP contribution in [0.5, 0.6) is 11.5 Å². The van der Waals surface area contributed by atoms with Crippen LogP contribution in [0.2, 0.25) is 0 Å². The molecule has 1 aromatic heterocycles. The Bertz CT molecular complexity index is 2040. The molecular weight excluding hydrogens is 785 g/mol. The highest BCUT2D eigenvalue weighted by molar-refractivity contribution is 7.91. The van der Waals surface area contributed by atoms with Gasteiger partial charge >= 0.3 is 6.09 Å². The highest BCUT2D eigenvalue weighted by Gasteiger charge is 2.65. The number of amides is 4. The van der Waals surface area contributed by atoms with Crippen LogP contribution >= 0.6 is 0 Å². The monoisotopic (exact) mass is 839 g/mol. The Kier molecular flexibility index (Phi) is 11.1. The van der Waals surface area contributed by atoms with Gasteiger partial charge < -0.3 is 34.3 Å². The van der Waals surface area contributed by atoms with E-state index in [1.807, 2.05) is 32.9 Å². The molecule has 59 heavy (non-hydrogen) atoms. The molecule has 4 amide bonds. The number of benzene rings is 1. The summed E-state index contributed by atoms with van der Waals surface area (Å²) in [6.07, 6.45) is 9.59. The van der Waals surface area contributed by atoms with Crippen LogP contribution in [0.1, 0.15) is 128 Å². The lowest BCUT2D eigenvalue weighted by Gasteiger charge is -2.41. The fraction of sp³-hybridized carbons (Fsp3) is 0.651. The Morgan fingerprint density at radius 3 is 2.54 bits per heavy atom. The third kappa shape index (κ3) is 8.07. The van der Waals surface area contributed by atoms with Gasteiger partial charge in [-0.3, -0.25) is 14.4 Å². The number of carbonyl (C=O) groups is 4. The summed E-state index contributed by atoms with van der Waals surface area (Å²) in [5, 5.41) is 5.87. The number of alkyl carbamates (subject to hydrolysis) is 1. The number of hydrogen-bond donors (Lipinski definition) is 3. The highest BCUT2D eigenvalue weighted by Crippen LogP contribution is 2.55. The van der Waals surface area contributed by atoms with E-state index in [4.69, 9.17) is 19.2 Å². The summed E-state index contributed by atoms with van der Waals surface area (Å²) in [5.41, 5.74) is -2.88. The fourth-order valence-corrected chi connectivity index (χ4v) is 10.4. The van der Waals surface area contributed by atoms with E-state index >= 15 is 8.78 Å². The number of nitrogens with one attached hydrogen (secondary N) is 3. The molecule has 0 radical (unpaired) electrons. The zero-order valence-corrected chi connectivity index (χ0v) is 35.0. The third-order valence-corrected chi connectivity index (χ3v) is 14.9. The van der Waals surface area contributed by atoms with Crippen molar-refractivity contribution in [2.75, 3.05) is 13.7 Å². The maximum atomic E-state index is 17.1. The second kappa shape index (κ2) is 15.7. The van der Waals surface area contributed by atoms with E-state index in [0.717, 1.165) is 38.5 Å². The molecule has 6 atom stereocenters. The van der Waals surface area contributed by atoms with Crippen molar-refractivity contribution in [3.63, 3.8) is 0 Å². The van der Waals surface area contributed by atoms with Crippen molar-refractivity contribution >= 4 is 46.1 Å². The topological polar surface area (TPSA) is 171 Å². The molecule has 1 spiro atoms. The molecule has 13 nitrogen and oxygen atoms in total. The van der Waals surface area contributed by atoms with Gasteiger partial charge in [-0.25, -0.2) is 18.6 Å². The molecular formula is C43H55F2N5O8S. The first-order valence-corrected chi connectivity index (χ1v) is 22.3. The average Bonchev–Trinajstić information content (AvgIpc) is 3.98. The number of nitrogens with zero attached hydrogens (tertiary/aromatic N) is 2. The predicted molar refractivity (Wildman–Crippen MR) is 215 cm³/mol. The Morgan fingerprint density at radius 1 is 1.08 bits per heavy atom. The normalized spacial score (nSPS) is 31.1. The quantitative estimate of drug-likeness (QED) is 0.213. The lowest BCUT2D eigenvalue weighted by atomic mass is 9.83. The number of aromatic nitrogens is 1. The summed E-state index contributed by atoms with van der Waals surface area (Å²) in [5.74, 6) is -5.92. The SMILES string of the molecule is COc1ccc2nc(C(C)C)c3c(c2c1)C(F)(F)C[C@]1(C[C@H]2C(=O)N[C@]4(C(=O)N[S+]([O-])C5(C)CC5)C[C@H]4/C=C\CCCCC[C@H](NC(=O)OC4CCCC4)C(=O)N2C1)O3. The summed E-state index contributed by atoms with van der Waals surface area (Å²) >= 11 is -1.69. The number of methoxy groups -OCH3 is 1. The van der Waals surface area contributed by atoms with Crippen LogP contribution in [0.25, 0.3) is 10.9 Å². The molecule has 4 fully saturated rings. The van der Waals surface area contributed by atoms with Crippen LogP contribution in [0.4, 0.5) is 13.6 Å². The van der Waals surface area contributed by atoms with Crippen molar-refractivity contribution in [3.05, 3.63) is 41.6 Å². The first kappa shape index (κ1) is 41.5. The van der Waals surface area contributed by atoms with Crippen molar-refractivity contribution in [3.8, 4) is 11.5 Å². The minimum Gasteiger partial charge on any atom is -0.593 e. The van der Waals surface area contributed by atoms with Gasteiger partial charge in [0.05, 0.1) is 48.2 Å². The highest BCUT2D eigenvalue weighted by atomic mass is 32.2. The Labute approximate surface area is 346 Å². The van der Waals surface area contributed by atoms with E-state index in [2.05, 4.69) is 15.4 Å². The molecule has 6 aliphatic rings. The summed E-state index contributed by atoms with van der Waals surface area (Å²) < 4.78 is 67.3. The molecule has 3 aliphatic carbocycles. The van der Waals surface area contributed by atoms with E-state index in [9.17, 15) is 23.7 Å². The summed E-state index contributed by atoms with van der Waals surface area (Å²) in [6.45, 7) is 5.10. The Balaban J connectivity index is 1.17. The second-order valence-electron chi connectivity index (χ2n) is 18.1.